The molecule has 0 amide bonds. The molecule has 1 saturated heterocycles. The molecule has 2 fully saturated rings. The highest BCUT2D eigenvalue weighted by molar-refractivity contribution is 4.81. The van der Waals surface area contributed by atoms with Crippen LogP contribution in [0.25, 0.3) is 0 Å². The molecule has 2 nitrogen and oxygen atoms in total. The fourth-order valence-electron chi connectivity index (χ4n) is 3.69. The number of rotatable bonds is 3. The first kappa shape index (κ1) is 13.4. The van der Waals surface area contributed by atoms with E-state index in [1.54, 1.807) is 0 Å². The molecule has 0 aromatic carbocycles. The van der Waals surface area contributed by atoms with Gasteiger partial charge in [0, 0.05) is 6.04 Å². The molecule has 1 heterocycles. The summed E-state index contributed by atoms with van der Waals surface area (Å²) in [6.07, 6.45) is 11.4. The Kier molecular flexibility index (Phi) is 5.30. The van der Waals surface area contributed by atoms with E-state index in [1.807, 2.05) is 0 Å². The molecule has 2 heteroatoms. The lowest BCUT2D eigenvalue weighted by atomic mass is 9.94. The van der Waals surface area contributed by atoms with Crippen LogP contribution in [0.3, 0.4) is 0 Å². The van der Waals surface area contributed by atoms with Gasteiger partial charge < -0.3 is 10.6 Å². The summed E-state index contributed by atoms with van der Waals surface area (Å²) in [5, 5.41) is 0. The Balaban J connectivity index is 1.78. The average molecular weight is 238 g/mol. The topological polar surface area (TPSA) is 29.3 Å². The molecule has 17 heavy (non-hydrogen) atoms. The van der Waals surface area contributed by atoms with E-state index >= 15 is 0 Å². The van der Waals surface area contributed by atoms with Gasteiger partial charge in [0.05, 0.1) is 0 Å². The lowest BCUT2D eigenvalue weighted by Gasteiger charge is -2.37. The minimum absolute atomic E-state index is 0.806. The molecule has 2 N–H and O–H groups in total. The van der Waals surface area contributed by atoms with Crippen molar-refractivity contribution in [3.05, 3.63) is 0 Å². The standard InChI is InChI=1S/C15H30N2/c1-2-13-4-3-5-15(7-6-13)17-10-8-14(12-16)9-11-17/h13-15H,2-12,16H2,1H3. The molecular formula is C15H30N2. The highest BCUT2D eigenvalue weighted by Gasteiger charge is 2.26. The summed E-state index contributed by atoms with van der Waals surface area (Å²) >= 11 is 0. The van der Waals surface area contributed by atoms with Gasteiger partial charge in [0.2, 0.25) is 0 Å². The summed E-state index contributed by atoms with van der Waals surface area (Å²) in [4.78, 5) is 2.77. The quantitative estimate of drug-likeness (QED) is 0.766. The van der Waals surface area contributed by atoms with E-state index in [4.69, 9.17) is 5.73 Å². The summed E-state index contributed by atoms with van der Waals surface area (Å²) in [6, 6.07) is 0.894. The predicted octanol–water partition coefficient (Wildman–Crippen LogP) is 3.02. The Bertz CT molecular complexity index is 209. The van der Waals surface area contributed by atoms with Crippen LogP contribution in [0.1, 0.15) is 58.3 Å². The molecular weight excluding hydrogens is 208 g/mol. The Labute approximate surface area is 107 Å². The third-order valence-electron chi connectivity index (χ3n) is 5.13. The Morgan fingerprint density at radius 2 is 1.71 bits per heavy atom. The summed E-state index contributed by atoms with van der Waals surface area (Å²) < 4.78 is 0. The highest BCUT2D eigenvalue weighted by Crippen LogP contribution is 2.30. The van der Waals surface area contributed by atoms with Crippen LogP contribution in [-0.2, 0) is 0 Å². The largest absolute Gasteiger partial charge is 0.330 e. The Morgan fingerprint density at radius 1 is 0.941 bits per heavy atom. The van der Waals surface area contributed by atoms with Gasteiger partial charge in [0.15, 0.2) is 0 Å². The van der Waals surface area contributed by atoms with E-state index in [1.165, 1.54) is 64.5 Å². The van der Waals surface area contributed by atoms with Gasteiger partial charge in [-0.2, -0.15) is 0 Å². The zero-order chi connectivity index (χ0) is 12.1. The second kappa shape index (κ2) is 6.75. The first-order valence-electron chi connectivity index (χ1n) is 7.77. The van der Waals surface area contributed by atoms with E-state index in [0.717, 1.165) is 24.4 Å². The molecule has 2 aliphatic rings. The molecule has 2 unspecified atom stereocenters. The lowest BCUT2D eigenvalue weighted by Crippen LogP contribution is -2.42. The van der Waals surface area contributed by atoms with Crippen molar-refractivity contribution in [2.45, 2.75) is 64.3 Å². The van der Waals surface area contributed by atoms with Crippen LogP contribution in [0.15, 0.2) is 0 Å². The smallest absolute Gasteiger partial charge is 0.00953 e. The van der Waals surface area contributed by atoms with E-state index in [9.17, 15) is 0 Å². The molecule has 0 aromatic rings. The molecule has 0 aromatic heterocycles. The zero-order valence-corrected chi connectivity index (χ0v) is 11.5. The number of nitrogens with zero attached hydrogens (tertiary/aromatic N) is 1. The van der Waals surface area contributed by atoms with Crippen molar-refractivity contribution >= 4 is 0 Å². The maximum absolute atomic E-state index is 5.77. The first-order chi connectivity index (χ1) is 8.33. The maximum atomic E-state index is 5.77. The van der Waals surface area contributed by atoms with Gasteiger partial charge in [-0.15, -0.1) is 0 Å². The number of piperidine rings is 1. The normalized spacial score (nSPS) is 33.5. The van der Waals surface area contributed by atoms with Crippen molar-refractivity contribution in [2.24, 2.45) is 17.6 Å². The van der Waals surface area contributed by atoms with E-state index in [0.29, 0.717) is 0 Å². The third kappa shape index (κ3) is 3.69. The van der Waals surface area contributed by atoms with Crippen molar-refractivity contribution < 1.29 is 0 Å². The van der Waals surface area contributed by atoms with Crippen molar-refractivity contribution in [2.75, 3.05) is 19.6 Å². The molecule has 1 aliphatic heterocycles. The van der Waals surface area contributed by atoms with Gasteiger partial charge in [-0.3, -0.25) is 0 Å². The van der Waals surface area contributed by atoms with E-state index in [2.05, 4.69) is 11.8 Å². The monoisotopic (exact) mass is 238 g/mol. The van der Waals surface area contributed by atoms with Gasteiger partial charge >= 0.3 is 0 Å². The molecule has 0 radical (unpaired) electrons. The molecule has 0 spiro atoms. The lowest BCUT2D eigenvalue weighted by molar-refractivity contribution is 0.123. The van der Waals surface area contributed by atoms with Crippen molar-refractivity contribution in [1.82, 2.24) is 4.90 Å². The van der Waals surface area contributed by atoms with Gasteiger partial charge in [-0.25, -0.2) is 0 Å². The van der Waals surface area contributed by atoms with Crippen molar-refractivity contribution in [3.8, 4) is 0 Å². The van der Waals surface area contributed by atoms with Crippen LogP contribution in [0.5, 0.6) is 0 Å². The Hall–Kier alpha value is -0.0800. The molecule has 1 aliphatic carbocycles. The number of hydrogen-bond acceptors (Lipinski definition) is 2. The predicted molar refractivity (Wildman–Crippen MR) is 74.0 cm³/mol. The number of likely N-dealkylation sites (tertiary alicyclic amines) is 1. The minimum atomic E-state index is 0.806. The first-order valence-corrected chi connectivity index (χ1v) is 7.77. The maximum Gasteiger partial charge on any atom is 0.00953 e. The third-order valence-corrected chi connectivity index (χ3v) is 5.13. The van der Waals surface area contributed by atoms with Crippen LogP contribution >= 0.6 is 0 Å². The van der Waals surface area contributed by atoms with Crippen LogP contribution in [0.4, 0.5) is 0 Å². The van der Waals surface area contributed by atoms with Gasteiger partial charge in [-0.1, -0.05) is 26.2 Å². The average Bonchev–Trinajstić information content (AvgIpc) is 2.64. The van der Waals surface area contributed by atoms with Gasteiger partial charge in [0.25, 0.3) is 0 Å². The molecule has 2 atom stereocenters. The molecule has 0 bridgehead atoms. The molecule has 1 saturated carbocycles. The van der Waals surface area contributed by atoms with Crippen LogP contribution in [0.2, 0.25) is 0 Å². The second-order valence-electron chi connectivity index (χ2n) is 6.15. The minimum Gasteiger partial charge on any atom is -0.330 e. The van der Waals surface area contributed by atoms with E-state index in [-0.39, 0.29) is 0 Å². The fourth-order valence-corrected chi connectivity index (χ4v) is 3.69. The summed E-state index contributed by atoms with van der Waals surface area (Å²) in [5.74, 6) is 1.82. The molecule has 2 rings (SSSR count). The number of nitrogens with two attached hydrogens (primary N) is 1. The summed E-state index contributed by atoms with van der Waals surface area (Å²) in [6.45, 7) is 5.88. The molecule has 100 valence electrons. The van der Waals surface area contributed by atoms with Crippen molar-refractivity contribution in [3.63, 3.8) is 0 Å². The zero-order valence-electron chi connectivity index (χ0n) is 11.5. The van der Waals surface area contributed by atoms with E-state index < -0.39 is 0 Å². The van der Waals surface area contributed by atoms with Gasteiger partial charge in [-0.05, 0) is 63.6 Å². The SMILES string of the molecule is CCC1CCCC(N2CCC(CN)CC2)CC1. The number of hydrogen-bond donors (Lipinski definition) is 1. The summed E-state index contributed by atoms with van der Waals surface area (Å²) in [5.41, 5.74) is 5.77. The second-order valence-corrected chi connectivity index (χ2v) is 6.15. The summed E-state index contributed by atoms with van der Waals surface area (Å²) in [7, 11) is 0. The fraction of sp³-hybridized carbons (Fsp3) is 1.00. The highest BCUT2D eigenvalue weighted by atomic mass is 15.2. The van der Waals surface area contributed by atoms with Crippen LogP contribution < -0.4 is 5.73 Å². The van der Waals surface area contributed by atoms with Crippen LogP contribution in [-0.4, -0.2) is 30.6 Å². The van der Waals surface area contributed by atoms with Crippen molar-refractivity contribution in [1.29, 1.82) is 0 Å². The Morgan fingerprint density at radius 3 is 2.35 bits per heavy atom. The van der Waals surface area contributed by atoms with Crippen LogP contribution in [0, 0.1) is 11.8 Å². The van der Waals surface area contributed by atoms with Gasteiger partial charge in [0.1, 0.15) is 0 Å².